The van der Waals surface area contributed by atoms with Gasteiger partial charge in [-0.1, -0.05) is 340 Å². The van der Waals surface area contributed by atoms with Crippen molar-refractivity contribution in [3.8, 4) is 134 Å². The molecule has 19 aromatic carbocycles. The van der Waals surface area contributed by atoms with E-state index >= 15 is 0 Å². The smallest absolute Gasteiger partial charge is 0.116 e. The maximum Gasteiger partial charge on any atom is 0.116 e. The molecule has 5 heteroatoms. The highest BCUT2D eigenvalue weighted by Gasteiger charge is 2.18. The van der Waals surface area contributed by atoms with Crippen molar-refractivity contribution >= 4 is 97.1 Å². The molecular weight excluding hydrogens is 1450 g/mol. The Labute approximate surface area is 694 Å². The van der Waals surface area contributed by atoms with Gasteiger partial charge in [-0.2, -0.15) is 0 Å². The van der Waals surface area contributed by atoms with E-state index < -0.39 is 0 Å². The van der Waals surface area contributed by atoms with Crippen LogP contribution >= 0.6 is 0 Å². The van der Waals surface area contributed by atoms with E-state index in [0.29, 0.717) is 0 Å². The average Bonchev–Trinajstić information content (AvgIpc) is 0.759. The fourth-order valence-electron chi connectivity index (χ4n) is 17.5. The molecule has 23 rings (SSSR count). The van der Waals surface area contributed by atoms with Gasteiger partial charge in [0.25, 0.3) is 0 Å². The Morgan fingerprint density at radius 3 is 0.833 bits per heavy atom. The third-order valence-corrected chi connectivity index (χ3v) is 23.9. The molecule has 0 radical (unpaired) electrons. The number of hydrogen-bond acceptors (Lipinski definition) is 5. The van der Waals surface area contributed by atoms with Crippen LogP contribution in [0.15, 0.2) is 443 Å². The minimum atomic E-state index is 0.925. The monoisotopic (exact) mass is 1520 g/mol. The third kappa shape index (κ3) is 13.7. The molecule has 0 aliphatic rings. The van der Waals surface area contributed by atoms with Gasteiger partial charge in [-0.3, -0.25) is 4.98 Å². The molecule has 4 heterocycles. The van der Waals surface area contributed by atoms with Crippen molar-refractivity contribution in [1.82, 2.24) is 24.9 Å². The number of hydrogen-bond donors (Lipinski definition) is 0. The quantitative estimate of drug-likeness (QED) is 0.114. The minimum Gasteiger partial charge on any atom is -0.264 e. The number of aromatic nitrogens is 5. The van der Waals surface area contributed by atoms with E-state index in [-0.39, 0.29) is 0 Å². The highest BCUT2D eigenvalue weighted by molar-refractivity contribution is 6.14. The molecule has 4 aromatic heterocycles. The SMILES string of the molecule is c1ccc2c(-c3ccc(-c4cc(-c5ccc(-c6ccc7cncnc7c6)cc5)cc(-c5ccc(-c6c7ccccc7cc7ccccc67)cc5)n4)cc3)c3ccccc3cc2c1.c1ccc2cc(-c3ccc(-c4cc(-c5ccc(-c6ccc7cc8ccccc8cc7c6)cc5)cc(-c5ccc(-c6ccc7cnccc7c6)cc5)n4)cc3)ccc2c1. The van der Waals surface area contributed by atoms with Crippen molar-refractivity contribution < 1.29 is 0 Å². The highest BCUT2D eigenvalue weighted by atomic mass is 14.8. The molecule has 0 fully saturated rings. The first-order valence-corrected chi connectivity index (χ1v) is 40.8. The van der Waals surface area contributed by atoms with Gasteiger partial charge in [0.1, 0.15) is 6.33 Å². The zero-order valence-electron chi connectivity index (χ0n) is 65.4. The van der Waals surface area contributed by atoms with Crippen LogP contribution in [0.4, 0.5) is 0 Å². The molecule has 0 bridgehead atoms. The molecule has 0 amide bonds. The summed E-state index contributed by atoms with van der Waals surface area (Å²) in [5, 5.41) is 20.8. The van der Waals surface area contributed by atoms with Crippen LogP contribution in [0, 0.1) is 0 Å². The zero-order valence-corrected chi connectivity index (χ0v) is 65.4. The van der Waals surface area contributed by atoms with E-state index in [9.17, 15) is 0 Å². The Bertz CT molecular complexity index is 7480. The molecule has 23 aromatic rings. The van der Waals surface area contributed by atoms with Gasteiger partial charge in [-0.15, -0.1) is 0 Å². The van der Waals surface area contributed by atoms with Crippen molar-refractivity contribution in [2.75, 3.05) is 0 Å². The number of pyridine rings is 3. The van der Waals surface area contributed by atoms with Crippen molar-refractivity contribution in [2.24, 2.45) is 0 Å². The van der Waals surface area contributed by atoms with E-state index in [4.69, 9.17) is 9.97 Å². The summed E-state index contributed by atoms with van der Waals surface area (Å²) >= 11 is 0. The van der Waals surface area contributed by atoms with Gasteiger partial charge in [-0.05, 0) is 249 Å². The lowest BCUT2D eigenvalue weighted by molar-refractivity contribution is 1.22. The lowest BCUT2D eigenvalue weighted by atomic mass is 9.91. The minimum absolute atomic E-state index is 0.925. The molecule has 0 saturated heterocycles. The number of benzene rings is 19. The number of fused-ring (bicyclic) bond motifs is 9. The first-order chi connectivity index (χ1) is 59.4. The first-order valence-electron chi connectivity index (χ1n) is 40.8. The van der Waals surface area contributed by atoms with Gasteiger partial charge in [0.2, 0.25) is 0 Å². The maximum atomic E-state index is 5.39. The van der Waals surface area contributed by atoms with Crippen LogP contribution in [0.25, 0.3) is 231 Å². The van der Waals surface area contributed by atoms with Gasteiger partial charge in [0, 0.05) is 51.6 Å². The summed E-state index contributed by atoms with van der Waals surface area (Å²) in [7, 11) is 0. The lowest BCUT2D eigenvalue weighted by Gasteiger charge is -2.14. The second-order valence-corrected chi connectivity index (χ2v) is 31.2. The predicted molar refractivity (Wildman–Crippen MR) is 505 cm³/mol. The van der Waals surface area contributed by atoms with Gasteiger partial charge in [0.05, 0.1) is 28.3 Å². The molecule has 0 N–H and O–H groups in total. The van der Waals surface area contributed by atoms with Crippen LogP contribution in [0.3, 0.4) is 0 Å². The molecule has 558 valence electrons. The molecule has 0 aliphatic carbocycles. The summed E-state index contributed by atoms with van der Waals surface area (Å²) in [5.41, 5.74) is 27.7. The third-order valence-electron chi connectivity index (χ3n) is 23.9. The fourth-order valence-corrected chi connectivity index (χ4v) is 17.5. The van der Waals surface area contributed by atoms with Gasteiger partial charge in [0.15, 0.2) is 0 Å². The zero-order chi connectivity index (χ0) is 79.4. The summed E-state index contributed by atoms with van der Waals surface area (Å²) in [5.74, 6) is 0. The highest BCUT2D eigenvalue weighted by Crippen LogP contribution is 2.43. The molecule has 120 heavy (non-hydrogen) atoms. The molecular formula is C115H73N5. The van der Waals surface area contributed by atoms with Crippen LogP contribution in [0.2, 0.25) is 0 Å². The van der Waals surface area contributed by atoms with E-state index in [1.54, 1.807) is 6.33 Å². The first kappa shape index (κ1) is 70.7. The fraction of sp³-hybridized carbons (Fsp3) is 0. The maximum absolute atomic E-state index is 5.39. The molecule has 5 nitrogen and oxygen atoms in total. The Morgan fingerprint density at radius 2 is 0.417 bits per heavy atom. The number of nitrogens with zero attached hydrogens (tertiary/aromatic N) is 5. The standard InChI is InChI=1S/C59H37N3.C56H36N2/c1-5-13-51-45(9-1)31-46-10-2-6-14-52(46)58(51)42-25-21-40(22-26-42)56-34-50(39-19-17-38(18-20-39)44-29-30-49-36-60-37-61-55(49)33-44)35-57(62-56)41-23-27-43(28-24-41)59-53-15-7-3-11-47(53)32-48-12-4-8-16-54(48)59;1-2-6-44-29-47(22-17-37(44)5-1)39-13-18-42(19-14-39)55-34-54(35-56(58-55)43-20-15-40(16-21-43)48-25-26-52-36-57-28-27-51(52)31-48)41-11-9-38(10-12-41)49-23-24-50-30-45-7-3-4-8-46(45)32-53(50)33-49/h1-37H;1-36H. The van der Waals surface area contributed by atoms with Gasteiger partial charge in [-0.25, -0.2) is 19.9 Å². The topological polar surface area (TPSA) is 64.5 Å². The molecule has 0 aliphatic heterocycles. The van der Waals surface area contributed by atoms with E-state index in [0.717, 1.165) is 94.7 Å². The van der Waals surface area contributed by atoms with E-state index in [1.807, 2.05) is 18.6 Å². The second kappa shape index (κ2) is 30.3. The van der Waals surface area contributed by atoms with Crippen molar-refractivity contribution in [3.63, 3.8) is 0 Å². The predicted octanol–water partition coefficient (Wildman–Crippen LogP) is 30.7. The lowest BCUT2D eigenvalue weighted by Crippen LogP contribution is -1.92. The van der Waals surface area contributed by atoms with Crippen molar-refractivity contribution in [2.45, 2.75) is 0 Å². The van der Waals surface area contributed by atoms with Crippen LogP contribution in [-0.4, -0.2) is 24.9 Å². The van der Waals surface area contributed by atoms with Gasteiger partial charge < -0.3 is 0 Å². The Balaban J connectivity index is 0.000000144. The van der Waals surface area contributed by atoms with Crippen LogP contribution in [-0.2, 0) is 0 Å². The summed E-state index contributed by atoms with van der Waals surface area (Å²) in [6.45, 7) is 0. The summed E-state index contributed by atoms with van der Waals surface area (Å²) in [6, 6.07) is 152. The Morgan fingerprint density at radius 1 is 0.150 bits per heavy atom. The summed E-state index contributed by atoms with van der Waals surface area (Å²) in [4.78, 5) is 23.6. The van der Waals surface area contributed by atoms with Crippen LogP contribution in [0.1, 0.15) is 0 Å². The molecule has 0 saturated carbocycles. The molecule has 0 atom stereocenters. The normalized spacial score (nSPS) is 11.5. The Kier molecular flexibility index (Phi) is 17.9. The Hall–Kier alpha value is -16.0. The van der Waals surface area contributed by atoms with Crippen molar-refractivity contribution in [3.05, 3.63) is 443 Å². The summed E-state index contributed by atoms with van der Waals surface area (Å²) < 4.78 is 0. The van der Waals surface area contributed by atoms with E-state index in [1.165, 1.54) is 136 Å². The van der Waals surface area contributed by atoms with Crippen LogP contribution in [0.5, 0.6) is 0 Å². The second-order valence-electron chi connectivity index (χ2n) is 31.2. The molecule has 0 spiro atoms. The average molecular weight is 1520 g/mol. The number of rotatable bonds is 12. The summed E-state index contributed by atoms with van der Waals surface area (Å²) in [6.07, 6.45) is 7.22. The largest absolute Gasteiger partial charge is 0.264 e. The van der Waals surface area contributed by atoms with Crippen LogP contribution < -0.4 is 0 Å². The molecule has 0 unspecified atom stereocenters. The van der Waals surface area contributed by atoms with E-state index in [2.05, 4.69) is 434 Å². The van der Waals surface area contributed by atoms with Gasteiger partial charge >= 0.3 is 0 Å². The van der Waals surface area contributed by atoms with Crippen molar-refractivity contribution in [1.29, 1.82) is 0 Å².